The van der Waals surface area contributed by atoms with Crippen LogP contribution in [0.4, 0.5) is 15.9 Å². The molecule has 0 radical (unpaired) electrons. The number of aromatic nitrogens is 4. The number of ether oxygens (including phenoxy) is 1. The van der Waals surface area contributed by atoms with Crippen LogP contribution in [0, 0.1) is 5.82 Å². The number of nitrogens with one attached hydrogen (secondary N) is 1. The summed E-state index contributed by atoms with van der Waals surface area (Å²) in [5.41, 5.74) is 8.12. The highest BCUT2D eigenvalue weighted by Gasteiger charge is 2.33. The largest absolute Gasteiger partial charge is 0.488 e. The van der Waals surface area contributed by atoms with E-state index >= 15 is 0 Å². The third-order valence-electron chi connectivity index (χ3n) is 5.21. The van der Waals surface area contributed by atoms with Crippen molar-refractivity contribution in [3.05, 3.63) is 66.4 Å². The lowest BCUT2D eigenvalue weighted by molar-refractivity contribution is 0.115. The zero-order valence-corrected chi connectivity index (χ0v) is 16.3. The van der Waals surface area contributed by atoms with E-state index in [2.05, 4.69) is 25.3 Å². The smallest absolute Gasteiger partial charge is 0.165 e. The van der Waals surface area contributed by atoms with Gasteiger partial charge in [-0.1, -0.05) is 6.07 Å². The summed E-state index contributed by atoms with van der Waals surface area (Å²) in [6.45, 7) is 0.211. The summed E-state index contributed by atoms with van der Waals surface area (Å²) in [6, 6.07) is 5.00. The van der Waals surface area contributed by atoms with Crippen LogP contribution in [0.3, 0.4) is 0 Å². The molecule has 1 aliphatic rings. The SMILES string of the molecule is Nc1cnc(C2CC(c3ccc(OCC(O)CNc4cncnc4)c(F)c3)C2)cn1. The second-order valence-corrected chi connectivity index (χ2v) is 7.39. The summed E-state index contributed by atoms with van der Waals surface area (Å²) in [6.07, 6.45) is 8.88. The molecule has 0 amide bonds. The number of nitrogens with two attached hydrogens (primary N) is 1. The molecule has 1 fully saturated rings. The number of halogens is 1. The van der Waals surface area contributed by atoms with Gasteiger partial charge in [-0.15, -0.1) is 0 Å². The molecule has 0 spiro atoms. The first kappa shape index (κ1) is 20.0. The molecule has 1 saturated carbocycles. The molecule has 4 rings (SSSR count). The maximum Gasteiger partial charge on any atom is 0.165 e. The van der Waals surface area contributed by atoms with Crippen molar-refractivity contribution in [3.8, 4) is 5.75 Å². The van der Waals surface area contributed by atoms with Gasteiger partial charge in [-0.2, -0.15) is 0 Å². The van der Waals surface area contributed by atoms with E-state index in [1.54, 1.807) is 30.9 Å². The standard InChI is InChI=1S/C21H23FN6O2/c22-18-5-13(14-3-15(4-14)19-9-28-21(23)10-27-19)1-2-20(18)30-11-17(29)8-26-16-6-24-12-25-7-16/h1-2,5-7,9-10,12,14-15,17,26,29H,3-4,8,11H2,(H2,23,28). The molecule has 1 aliphatic carbocycles. The van der Waals surface area contributed by atoms with Gasteiger partial charge in [0.05, 0.1) is 36.2 Å². The van der Waals surface area contributed by atoms with Crippen molar-refractivity contribution in [2.45, 2.75) is 30.8 Å². The van der Waals surface area contributed by atoms with Gasteiger partial charge in [0.1, 0.15) is 24.9 Å². The third-order valence-corrected chi connectivity index (χ3v) is 5.21. The van der Waals surface area contributed by atoms with E-state index in [0.29, 0.717) is 17.4 Å². The molecule has 2 heterocycles. The minimum Gasteiger partial charge on any atom is -0.488 e. The molecule has 3 aromatic rings. The molecule has 4 N–H and O–H groups in total. The quantitative estimate of drug-likeness (QED) is 0.518. The molecule has 1 unspecified atom stereocenters. The molecule has 0 saturated heterocycles. The molecule has 30 heavy (non-hydrogen) atoms. The highest BCUT2D eigenvalue weighted by molar-refractivity contribution is 5.37. The minimum absolute atomic E-state index is 0.0295. The van der Waals surface area contributed by atoms with Crippen LogP contribution < -0.4 is 15.8 Å². The van der Waals surface area contributed by atoms with Gasteiger partial charge in [-0.3, -0.25) is 4.98 Å². The van der Waals surface area contributed by atoms with E-state index in [1.165, 1.54) is 12.4 Å². The highest BCUT2D eigenvalue weighted by atomic mass is 19.1. The van der Waals surface area contributed by atoms with Crippen molar-refractivity contribution < 1.29 is 14.2 Å². The Morgan fingerprint density at radius 3 is 2.63 bits per heavy atom. The monoisotopic (exact) mass is 410 g/mol. The average Bonchev–Trinajstić information content (AvgIpc) is 2.73. The summed E-state index contributed by atoms with van der Waals surface area (Å²) in [7, 11) is 0. The van der Waals surface area contributed by atoms with Crippen molar-refractivity contribution in [3.63, 3.8) is 0 Å². The van der Waals surface area contributed by atoms with Gasteiger partial charge >= 0.3 is 0 Å². The van der Waals surface area contributed by atoms with Gasteiger partial charge in [0, 0.05) is 12.5 Å². The van der Waals surface area contributed by atoms with Crippen LogP contribution >= 0.6 is 0 Å². The predicted octanol–water partition coefficient (Wildman–Crippen LogP) is 2.50. The van der Waals surface area contributed by atoms with E-state index in [0.717, 1.165) is 24.1 Å². The Kier molecular flexibility index (Phi) is 5.99. The molecule has 0 aliphatic heterocycles. The third kappa shape index (κ3) is 4.80. The number of nitrogen functional groups attached to an aromatic ring is 1. The molecular formula is C21H23FN6O2. The van der Waals surface area contributed by atoms with E-state index in [1.807, 2.05) is 6.07 Å². The number of hydrogen-bond donors (Lipinski definition) is 3. The summed E-state index contributed by atoms with van der Waals surface area (Å²) in [4.78, 5) is 16.2. The van der Waals surface area contributed by atoms with Crippen molar-refractivity contribution in [2.24, 2.45) is 0 Å². The lowest BCUT2D eigenvalue weighted by Gasteiger charge is -2.35. The fourth-order valence-corrected chi connectivity index (χ4v) is 3.45. The fourth-order valence-electron chi connectivity index (χ4n) is 3.45. The summed E-state index contributed by atoms with van der Waals surface area (Å²) >= 11 is 0. The van der Waals surface area contributed by atoms with Gasteiger partial charge in [-0.05, 0) is 36.5 Å². The van der Waals surface area contributed by atoms with Crippen LogP contribution in [-0.4, -0.2) is 44.3 Å². The van der Waals surface area contributed by atoms with Gasteiger partial charge in [0.15, 0.2) is 11.6 Å². The number of anilines is 2. The lowest BCUT2D eigenvalue weighted by atomic mass is 9.70. The Bertz CT molecular complexity index is 967. The second kappa shape index (κ2) is 9.00. The van der Waals surface area contributed by atoms with Crippen molar-refractivity contribution in [1.82, 2.24) is 19.9 Å². The summed E-state index contributed by atoms with van der Waals surface area (Å²) in [5, 5.41) is 13.0. The number of benzene rings is 1. The van der Waals surface area contributed by atoms with Gasteiger partial charge in [-0.25, -0.2) is 19.3 Å². The Morgan fingerprint density at radius 2 is 1.93 bits per heavy atom. The van der Waals surface area contributed by atoms with Crippen LogP contribution in [0.2, 0.25) is 0 Å². The topological polar surface area (TPSA) is 119 Å². The van der Waals surface area contributed by atoms with E-state index in [9.17, 15) is 9.50 Å². The maximum absolute atomic E-state index is 14.5. The average molecular weight is 410 g/mol. The zero-order valence-electron chi connectivity index (χ0n) is 16.3. The molecular weight excluding hydrogens is 387 g/mol. The second-order valence-electron chi connectivity index (χ2n) is 7.39. The normalized spacial score (nSPS) is 19.0. The van der Waals surface area contributed by atoms with E-state index < -0.39 is 11.9 Å². The molecule has 1 atom stereocenters. The van der Waals surface area contributed by atoms with Crippen LogP contribution in [-0.2, 0) is 0 Å². The molecule has 2 aromatic heterocycles. The van der Waals surface area contributed by atoms with Gasteiger partial charge < -0.3 is 20.9 Å². The first-order valence-corrected chi connectivity index (χ1v) is 9.75. The Labute approximate surface area is 173 Å². The lowest BCUT2D eigenvalue weighted by Crippen LogP contribution is -2.26. The Balaban J connectivity index is 1.26. The number of hydrogen-bond acceptors (Lipinski definition) is 8. The van der Waals surface area contributed by atoms with Crippen molar-refractivity contribution in [1.29, 1.82) is 0 Å². The molecule has 156 valence electrons. The van der Waals surface area contributed by atoms with Crippen LogP contribution in [0.15, 0.2) is 49.3 Å². The van der Waals surface area contributed by atoms with Crippen LogP contribution in [0.25, 0.3) is 0 Å². The van der Waals surface area contributed by atoms with Gasteiger partial charge in [0.2, 0.25) is 0 Å². The maximum atomic E-state index is 14.5. The summed E-state index contributed by atoms with van der Waals surface area (Å²) < 4.78 is 19.9. The Morgan fingerprint density at radius 1 is 1.13 bits per heavy atom. The number of aliphatic hydroxyl groups is 1. The fraction of sp³-hybridized carbons (Fsp3) is 0.333. The van der Waals surface area contributed by atoms with Gasteiger partial charge in [0.25, 0.3) is 0 Å². The van der Waals surface area contributed by atoms with E-state index in [-0.39, 0.29) is 24.8 Å². The predicted molar refractivity (Wildman–Crippen MR) is 110 cm³/mol. The van der Waals surface area contributed by atoms with Crippen molar-refractivity contribution in [2.75, 3.05) is 24.2 Å². The number of aliphatic hydroxyl groups excluding tert-OH is 1. The summed E-state index contributed by atoms with van der Waals surface area (Å²) in [5.74, 6) is 0.698. The molecule has 1 aromatic carbocycles. The van der Waals surface area contributed by atoms with Crippen LogP contribution in [0.1, 0.15) is 35.9 Å². The molecule has 0 bridgehead atoms. The van der Waals surface area contributed by atoms with Crippen LogP contribution in [0.5, 0.6) is 5.75 Å². The Hall–Kier alpha value is -3.33. The van der Waals surface area contributed by atoms with E-state index in [4.69, 9.17) is 10.5 Å². The molecule has 9 heteroatoms. The minimum atomic E-state index is -0.808. The number of rotatable bonds is 8. The molecule has 8 nitrogen and oxygen atoms in total. The first-order chi connectivity index (χ1) is 14.6. The highest BCUT2D eigenvalue weighted by Crippen LogP contribution is 2.47. The van der Waals surface area contributed by atoms with Crippen molar-refractivity contribution >= 4 is 11.5 Å². The zero-order chi connectivity index (χ0) is 20.9. The first-order valence-electron chi connectivity index (χ1n) is 9.75. The number of nitrogens with zero attached hydrogens (tertiary/aromatic N) is 4.